The summed E-state index contributed by atoms with van der Waals surface area (Å²) in [5.74, 6) is 0.287. The van der Waals surface area contributed by atoms with Crippen LogP contribution in [0.25, 0.3) is 22.4 Å². The van der Waals surface area contributed by atoms with Crippen molar-refractivity contribution < 1.29 is 9.21 Å². The van der Waals surface area contributed by atoms with E-state index in [0.717, 1.165) is 35.4 Å². The highest BCUT2D eigenvalue weighted by Gasteiger charge is 2.35. The van der Waals surface area contributed by atoms with Crippen LogP contribution >= 0.6 is 12.4 Å². The van der Waals surface area contributed by atoms with Gasteiger partial charge >= 0.3 is 0 Å². The Bertz CT molecular complexity index is 1090. The fourth-order valence-electron chi connectivity index (χ4n) is 4.05. The lowest BCUT2D eigenvalue weighted by Crippen LogP contribution is -2.59. The van der Waals surface area contributed by atoms with Crippen LogP contribution in [0.4, 0.5) is 0 Å². The van der Waals surface area contributed by atoms with E-state index in [1.54, 1.807) is 0 Å². The predicted octanol–water partition coefficient (Wildman–Crippen LogP) is 5.35. The Morgan fingerprint density at radius 1 is 1.16 bits per heavy atom. The molecule has 1 aliphatic heterocycles. The monoisotopic (exact) mass is 441 g/mol. The summed E-state index contributed by atoms with van der Waals surface area (Å²) in [6.07, 6.45) is 0. The molecule has 4 rings (SSSR count). The minimum Gasteiger partial charge on any atom is -0.449 e. The third-order valence-corrected chi connectivity index (χ3v) is 5.89. The number of piperazine rings is 1. The summed E-state index contributed by atoms with van der Waals surface area (Å²) in [5, 5.41) is 3.36. The van der Waals surface area contributed by atoms with Gasteiger partial charge < -0.3 is 14.6 Å². The standard InChI is InChI=1S/C25H31N3O2.ClH/c1-16-7-9-17(10-8-16)19-13-18(24(2,3)4)22-20(27-19)14-21(30-22)23(29)28-12-11-26-15-25(28,5)6;/h7-10,13-14,26H,11-12,15H2,1-6H3;1H. The first kappa shape index (κ1) is 23.3. The van der Waals surface area contributed by atoms with Gasteiger partial charge in [0.2, 0.25) is 0 Å². The lowest BCUT2D eigenvalue weighted by molar-refractivity contribution is 0.0448. The highest BCUT2D eigenvalue weighted by Crippen LogP contribution is 2.35. The number of carbonyl (C=O) groups is 1. The zero-order valence-electron chi connectivity index (χ0n) is 19.2. The maximum Gasteiger partial charge on any atom is 0.290 e. The highest BCUT2D eigenvalue weighted by molar-refractivity contribution is 5.97. The number of pyridine rings is 1. The molecule has 0 bridgehead atoms. The third-order valence-electron chi connectivity index (χ3n) is 5.89. The Kier molecular flexibility index (Phi) is 6.23. The van der Waals surface area contributed by atoms with Gasteiger partial charge in [-0.2, -0.15) is 0 Å². The average molecular weight is 442 g/mol. The van der Waals surface area contributed by atoms with Gasteiger partial charge in [-0.05, 0) is 32.3 Å². The Morgan fingerprint density at radius 2 is 1.84 bits per heavy atom. The van der Waals surface area contributed by atoms with Crippen LogP contribution in [0.15, 0.2) is 40.8 Å². The summed E-state index contributed by atoms with van der Waals surface area (Å²) in [6, 6.07) is 12.3. The van der Waals surface area contributed by atoms with Crippen molar-refractivity contribution in [2.45, 2.75) is 52.5 Å². The maximum atomic E-state index is 13.3. The quantitative estimate of drug-likeness (QED) is 0.582. The fourth-order valence-corrected chi connectivity index (χ4v) is 4.05. The molecule has 0 spiro atoms. The molecule has 1 amide bonds. The van der Waals surface area contributed by atoms with E-state index in [4.69, 9.17) is 9.40 Å². The number of aryl methyl sites for hydroxylation is 1. The number of hydrogen-bond acceptors (Lipinski definition) is 4. The molecule has 1 fully saturated rings. The molecule has 31 heavy (non-hydrogen) atoms. The van der Waals surface area contributed by atoms with Crippen LogP contribution in [0.3, 0.4) is 0 Å². The largest absolute Gasteiger partial charge is 0.449 e. The normalized spacial score (nSPS) is 16.3. The molecular weight excluding hydrogens is 410 g/mol. The van der Waals surface area contributed by atoms with Crippen molar-refractivity contribution in [3.63, 3.8) is 0 Å². The van der Waals surface area contributed by atoms with Crippen molar-refractivity contribution in [3.8, 4) is 11.3 Å². The molecule has 5 nitrogen and oxygen atoms in total. The molecule has 0 atom stereocenters. The van der Waals surface area contributed by atoms with E-state index >= 15 is 0 Å². The Labute approximate surface area is 190 Å². The van der Waals surface area contributed by atoms with Crippen molar-refractivity contribution in [1.82, 2.24) is 15.2 Å². The molecular formula is C25H32ClN3O2. The number of hydrogen-bond donors (Lipinski definition) is 1. The molecule has 3 aromatic rings. The number of halogens is 1. The maximum absolute atomic E-state index is 13.3. The molecule has 3 heterocycles. The van der Waals surface area contributed by atoms with Gasteiger partial charge in [-0.3, -0.25) is 4.79 Å². The second-order valence-corrected chi connectivity index (χ2v) is 9.94. The van der Waals surface area contributed by atoms with Crippen LogP contribution in [0.1, 0.15) is 56.3 Å². The predicted molar refractivity (Wildman–Crippen MR) is 128 cm³/mol. The van der Waals surface area contributed by atoms with Crippen molar-refractivity contribution in [1.29, 1.82) is 0 Å². The molecule has 0 unspecified atom stereocenters. The average Bonchev–Trinajstić information content (AvgIpc) is 3.10. The van der Waals surface area contributed by atoms with Crippen molar-refractivity contribution >= 4 is 29.4 Å². The third kappa shape index (κ3) is 4.48. The van der Waals surface area contributed by atoms with Gasteiger partial charge in [0.25, 0.3) is 5.91 Å². The van der Waals surface area contributed by atoms with Crippen LogP contribution in [0, 0.1) is 6.92 Å². The second-order valence-electron chi connectivity index (χ2n) is 9.94. The lowest BCUT2D eigenvalue weighted by atomic mass is 9.86. The van der Waals surface area contributed by atoms with Crippen molar-refractivity contribution in [2.24, 2.45) is 0 Å². The summed E-state index contributed by atoms with van der Waals surface area (Å²) in [6.45, 7) is 14.9. The Morgan fingerprint density at radius 3 is 2.45 bits per heavy atom. The first-order chi connectivity index (χ1) is 14.1. The van der Waals surface area contributed by atoms with E-state index in [-0.39, 0.29) is 29.3 Å². The van der Waals surface area contributed by atoms with Gasteiger partial charge in [0, 0.05) is 36.8 Å². The number of rotatable bonds is 2. The molecule has 1 aromatic carbocycles. The molecule has 1 N–H and O–H groups in total. The van der Waals surface area contributed by atoms with Crippen LogP contribution < -0.4 is 5.32 Å². The van der Waals surface area contributed by atoms with Crippen LogP contribution in [0.2, 0.25) is 0 Å². The Hall–Kier alpha value is -2.37. The second kappa shape index (κ2) is 8.29. The number of furan rings is 1. The van der Waals surface area contributed by atoms with Gasteiger partial charge in [-0.25, -0.2) is 4.98 Å². The summed E-state index contributed by atoms with van der Waals surface area (Å²) >= 11 is 0. The minimum absolute atomic E-state index is 0. The summed E-state index contributed by atoms with van der Waals surface area (Å²) in [4.78, 5) is 20.1. The molecule has 0 saturated carbocycles. The van der Waals surface area contributed by atoms with Crippen LogP contribution in [0.5, 0.6) is 0 Å². The smallest absolute Gasteiger partial charge is 0.290 e. The topological polar surface area (TPSA) is 58.4 Å². The molecule has 1 aliphatic rings. The number of carbonyl (C=O) groups excluding carboxylic acids is 1. The van der Waals surface area contributed by atoms with Gasteiger partial charge in [-0.1, -0.05) is 50.6 Å². The van der Waals surface area contributed by atoms with E-state index in [2.05, 4.69) is 77.2 Å². The van der Waals surface area contributed by atoms with Crippen molar-refractivity contribution in [3.05, 3.63) is 53.3 Å². The summed E-state index contributed by atoms with van der Waals surface area (Å²) < 4.78 is 6.17. The zero-order chi connectivity index (χ0) is 21.7. The van der Waals surface area contributed by atoms with E-state index in [0.29, 0.717) is 17.9 Å². The van der Waals surface area contributed by atoms with Gasteiger partial charge in [0.05, 0.1) is 11.2 Å². The SMILES string of the molecule is Cc1ccc(-c2cc(C(C)(C)C)c3oc(C(=O)N4CCNCC4(C)C)cc3n2)cc1.Cl. The number of fused-ring (bicyclic) bond motifs is 1. The Balaban J connectivity index is 0.00000272. The van der Waals surface area contributed by atoms with E-state index < -0.39 is 0 Å². The van der Waals surface area contributed by atoms with Gasteiger partial charge in [0.15, 0.2) is 11.3 Å². The molecule has 1 saturated heterocycles. The molecule has 0 radical (unpaired) electrons. The van der Waals surface area contributed by atoms with Crippen LogP contribution in [-0.2, 0) is 5.41 Å². The highest BCUT2D eigenvalue weighted by atomic mass is 35.5. The molecule has 2 aromatic heterocycles. The number of aromatic nitrogens is 1. The number of nitrogens with zero attached hydrogens (tertiary/aromatic N) is 2. The van der Waals surface area contributed by atoms with Gasteiger partial charge in [-0.15, -0.1) is 12.4 Å². The number of amides is 1. The number of benzene rings is 1. The molecule has 6 heteroatoms. The first-order valence-corrected chi connectivity index (χ1v) is 10.6. The molecule has 166 valence electrons. The summed E-state index contributed by atoms with van der Waals surface area (Å²) in [7, 11) is 0. The summed E-state index contributed by atoms with van der Waals surface area (Å²) in [5.41, 5.74) is 5.26. The lowest BCUT2D eigenvalue weighted by Gasteiger charge is -2.42. The van der Waals surface area contributed by atoms with Crippen molar-refractivity contribution in [2.75, 3.05) is 19.6 Å². The van der Waals surface area contributed by atoms with Gasteiger partial charge in [0.1, 0.15) is 5.52 Å². The van der Waals surface area contributed by atoms with E-state index in [1.807, 2.05) is 11.0 Å². The van der Waals surface area contributed by atoms with E-state index in [9.17, 15) is 4.79 Å². The zero-order valence-corrected chi connectivity index (χ0v) is 20.0. The fraction of sp³-hybridized carbons (Fsp3) is 0.440. The minimum atomic E-state index is -0.262. The van der Waals surface area contributed by atoms with E-state index in [1.165, 1.54) is 5.56 Å². The molecule has 0 aliphatic carbocycles. The van der Waals surface area contributed by atoms with Crippen LogP contribution in [-0.4, -0.2) is 41.0 Å². The number of nitrogens with one attached hydrogen (secondary N) is 1. The first-order valence-electron chi connectivity index (χ1n) is 10.6.